The molecule has 0 amide bonds. The van der Waals surface area contributed by atoms with Gasteiger partial charge < -0.3 is 10.6 Å². The van der Waals surface area contributed by atoms with Crippen molar-refractivity contribution in [2.24, 2.45) is 16.1 Å². The molecular weight excluding hydrogens is 210 g/mol. The van der Waals surface area contributed by atoms with Crippen LogP contribution in [-0.4, -0.2) is 29.0 Å². The predicted molar refractivity (Wildman–Crippen MR) is 73.1 cm³/mol. The van der Waals surface area contributed by atoms with Gasteiger partial charge in [0.05, 0.1) is 12.1 Å². The summed E-state index contributed by atoms with van der Waals surface area (Å²) in [5.74, 6) is 0.764. The first-order valence-corrected chi connectivity index (χ1v) is 6.96. The molecule has 1 unspecified atom stereocenters. The van der Waals surface area contributed by atoms with Gasteiger partial charge in [-0.05, 0) is 44.9 Å². The van der Waals surface area contributed by atoms with Crippen LogP contribution in [0.5, 0.6) is 0 Å². The lowest BCUT2D eigenvalue weighted by Gasteiger charge is -2.42. The van der Waals surface area contributed by atoms with Crippen molar-refractivity contribution in [1.29, 1.82) is 0 Å². The summed E-state index contributed by atoms with van der Waals surface area (Å²) in [7, 11) is 0. The summed E-state index contributed by atoms with van der Waals surface area (Å²) < 4.78 is 0. The van der Waals surface area contributed by atoms with Gasteiger partial charge in [0.25, 0.3) is 0 Å². The van der Waals surface area contributed by atoms with Crippen LogP contribution in [0.3, 0.4) is 0 Å². The van der Waals surface area contributed by atoms with E-state index in [0.717, 1.165) is 12.5 Å². The molecule has 98 valence electrons. The number of rotatable bonds is 1. The van der Waals surface area contributed by atoms with Crippen LogP contribution in [0.15, 0.2) is 4.99 Å². The maximum Gasteiger partial charge on any atom is 0.192 e. The Morgan fingerprint density at radius 1 is 1.18 bits per heavy atom. The Hall–Kier alpha value is -0.730. The minimum Gasteiger partial charge on any atom is -0.370 e. The molecule has 17 heavy (non-hydrogen) atoms. The van der Waals surface area contributed by atoms with E-state index < -0.39 is 0 Å². The number of guanidine groups is 1. The summed E-state index contributed by atoms with van der Waals surface area (Å²) in [4.78, 5) is 6.91. The standard InChI is InChI=1S/C14H27N3/c1-11(2)17-12(15)16-10-14(17)7-5-6-13(3,4)8-9-14/h11H,5-10H2,1-4H3,(H2,15,16). The van der Waals surface area contributed by atoms with Crippen molar-refractivity contribution in [1.82, 2.24) is 4.90 Å². The van der Waals surface area contributed by atoms with Crippen molar-refractivity contribution in [3.63, 3.8) is 0 Å². The quantitative estimate of drug-likeness (QED) is 0.762. The lowest BCUT2D eigenvalue weighted by molar-refractivity contribution is 0.139. The van der Waals surface area contributed by atoms with Crippen molar-refractivity contribution >= 4 is 5.96 Å². The van der Waals surface area contributed by atoms with E-state index in [9.17, 15) is 0 Å². The monoisotopic (exact) mass is 237 g/mol. The summed E-state index contributed by atoms with van der Waals surface area (Å²) in [6.07, 6.45) is 6.42. The Balaban J connectivity index is 2.19. The third-order valence-corrected chi connectivity index (χ3v) is 4.57. The topological polar surface area (TPSA) is 41.6 Å². The van der Waals surface area contributed by atoms with Crippen LogP contribution in [0.2, 0.25) is 0 Å². The molecule has 0 radical (unpaired) electrons. The van der Waals surface area contributed by atoms with E-state index in [-0.39, 0.29) is 5.54 Å². The molecule has 0 aromatic rings. The number of nitrogens with zero attached hydrogens (tertiary/aromatic N) is 2. The van der Waals surface area contributed by atoms with E-state index in [1.54, 1.807) is 0 Å². The minimum atomic E-state index is 0.228. The highest BCUT2D eigenvalue weighted by Gasteiger charge is 2.45. The molecule has 3 nitrogen and oxygen atoms in total. The average molecular weight is 237 g/mol. The smallest absolute Gasteiger partial charge is 0.192 e. The van der Waals surface area contributed by atoms with Crippen LogP contribution >= 0.6 is 0 Å². The molecule has 1 aliphatic carbocycles. The van der Waals surface area contributed by atoms with Crippen LogP contribution < -0.4 is 5.73 Å². The van der Waals surface area contributed by atoms with Gasteiger partial charge in [-0.25, -0.2) is 0 Å². The molecule has 0 aromatic carbocycles. The maximum absolute atomic E-state index is 6.08. The fraction of sp³-hybridized carbons (Fsp3) is 0.929. The molecule has 1 spiro atoms. The highest BCUT2D eigenvalue weighted by atomic mass is 15.4. The van der Waals surface area contributed by atoms with Gasteiger partial charge in [0, 0.05) is 6.04 Å². The molecule has 0 bridgehead atoms. The first-order valence-electron chi connectivity index (χ1n) is 6.96. The number of hydrogen-bond acceptors (Lipinski definition) is 3. The SMILES string of the molecule is CC(C)N1C(N)=NCC12CCCC(C)(C)CC2. The molecule has 1 atom stereocenters. The molecule has 2 aliphatic rings. The van der Waals surface area contributed by atoms with Crippen LogP contribution in [0.1, 0.15) is 59.8 Å². The highest BCUT2D eigenvalue weighted by Crippen LogP contribution is 2.43. The van der Waals surface area contributed by atoms with Crippen molar-refractivity contribution in [3.8, 4) is 0 Å². The molecule has 1 aliphatic heterocycles. The van der Waals surface area contributed by atoms with E-state index in [2.05, 4.69) is 37.6 Å². The van der Waals surface area contributed by atoms with E-state index in [1.165, 1.54) is 32.1 Å². The molecule has 2 N–H and O–H groups in total. The Labute approximate surface area is 105 Å². The number of aliphatic imine (C=N–C) groups is 1. The third-order valence-electron chi connectivity index (χ3n) is 4.57. The van der Waals surface area contributed by atoms with Gasteiger partial charge in [0.2, 0.25) is 0 Å². The Kier molecular flexibility index (Phi) is 3.13. The maximum atomic E-state index is 6.08. The second-order valence-electron chi connectivity index (χ2n) is 6.88. The van der Waals surface area contributed by atoms with Crippen molar-refractivity contribution in [2.75, 3.05) is 6.54 Å². The van der Waals surface area contributed by atoms with E-state index >= 15 is 0 Å². The van der Waals surface area contributed by atoms with E-state index in [4.69, 9.17) is 5.73 Å². The lowest BCUT2D eigenvalue weighted by Crippen LogP contribution is -2.54. The zero-order valence-corrected chi connectivity index (χ0v) is 11.8. The first-order chi connectivity index (χ1) is 7.86. The Bertz CT molecular complexity index is 319. The number of hydrogen-bond donors (Lipinski definition) is 1. The van der Waals surface area contributed by atoms with Gasteiger partial charge in [-0.3, -0.25) is 4.99 Å². The van der Waals surface area contributed by atoms with Gasteiger partial charge in [0.15, 0.2) is 5.96 Å². The largest absolute Gasteiger partial charge is 0.370 e. The zero-order chi connectivity index (χ0) is 12.7. The molecule has 1 fully saturated rings. The molecule has 1 heterocycles. The van der Waals surface area contributed by atoms with Gasteiger partial charge in [-0.1, -0.05) is 20.3 Å². The molecule has 1 saturated carbocycles. The Morgan fingerprint density at radius 2 is 1.88 bits per heavy atom. The summed E-state index contributed by atoms with van der Waals surface area (Å²) in [5, 5.41) is 0. The second-order valence-corrected chi connectivity index (χ2v) is 6.88. The average Bonchev–Trinajstić information content (AvgIpc) is 2.45. The molecule has 2 rings (SSSR count). The number of nitrogens with two attached hydrogens (primary N) is 1. The summed E-state index contributed by atoms with van der Waals surface area (Å²) in [6.45, 7) is 10.2. The van der Waals surface area contributed by atoms with Crippen LogP contribution in [0.4, 0.5) is 0 Å². The summed E-state index contributed by atoms with van der Waals surface area (Å²) >= 11 is 0. The predicted octanol–water partition coefficient (Wildman–Crippen LogP) is 2.75. The van der Waals surface area contributed by atoms with Crippen molar-refractivity contribution < 1.29 is 0 Å². The molecule has 3 heteroatoms. The second kappa shape index (κ2) is 4.18. The van der Waals surface area contributed by atoms with Crippen LogP contribution in [-0.2, 0) is 0 Å². The normalized spacial score (nSPS) is 33.0. The van der Waals surface area contributed by atoms with E-state index in [0.29, 0.717) is 11.5 Å². The molecule has 0 aromatic heterocycles. The van der Waals surface area contributed by atoms with Gasteiger partial charge in [-0.15, -0.1) is 0 Å². The van der Waals surface area contributed by atoms with Gasteiger partial charge in [0.1, 0.15) is 0 Å². The highest BCUT2D eigenvalue weighted by molar-refractivity contribution is 5.81. The van der Waals surface area contributed by atoms with Crippen LogP contribution in [0.25, 0.3) is 0 Å². The van der Waals surface area contributed by atoms with Crippen molar-refractivity contribution in [2.45, 2.75) is 71.4 Å². The summed E-state index contributed by atoms with van der Waals surface area (Å²) in [5.41, 5.74) is 6.80. The fourth-order valence-electron chi connectivity index (χ4n) is 3.55. The fourth-order valence-corrected chi connectivity index (χ4v) is 3.55. The third kappa shape index (κ3) is 2.29. The minimum absolute atomic E-state index is 0.228. The van der Waals surface area contributed by atoms with Crippen molar-refractivity contribution in [3.05, 3.63) is 0 Å². The van der Waals surface area contributed by atoms with Gasteiger partial charge >= 0.3 is 0 Å². The first kappa shape index (κ1) is 12.7. The van der Waals surface area contributed by atoms with Crippen LogP contribution in [0, 0.1) is 5.41 Å². The van der Waals surface area contributed by atoms with Gasteiger partial charge in [-0.2, -0.15) is 0 Å². The molecular formula is C14H27N3. The van der Waals surface area contributed by atoms with E-state index in [1.807, 2.05) is 0 Å². The lowest BCUT2D eigenvalue weighted by atomic mass is 9.83. The zero-order valence-electron chi connectivity index (χ0n) is 11.8. The Morgan fingerprint density at radius 3 is 2.53 bits per heavy atom. The molecule has 0 saturated heterocycles. The summed E-state index contributed by atoms with van der Waals surface area (Å²) in [6, 6.07) is 0.461.